The molecule has 2 aliphatic rings. The molecule has 0 unspecified atom stereocenters. The predicted molar refractivity (Wildman–Crippen MR) is 104 cm³/mol. The Morgan fingerprint density at radius 1 is 1.23 bits per heavy atom. The van der Waals surface area contributed by atoms with Crippen LogP contribution in [0.25, 0.3) is 11.0 Å². The van der Waals surface area contributed by atoms with E-state index in [4.69, 9.17) is 16.0 Å². The Morgan fingerprint density at radius 3 is 2.77 bits per heavy atom. The number of halogens is 1. The smallest absolute Gasteiger partial charge is 0.339 e. The van der Waals surface area contributed by atoms with Gasteiger partial charge in [-0.05, 0) is 63.1 Å². The number of nitrogens with zero attached hydrogens (tertiary/aromatic N) is 1. The number of rotatable bonds is 3. The van der Waals surface area contributed by atoms with Crippen LogP contribution in [0, 0.1) is 0 Å². The second-order valence-electron chi connectivity index (χ2n) is 7.64. The summed E-state index contributed by atoms with van der Waals surface area (Å²) in [5, 5.41) is 11.9. The van der Waals surface area contributed by atoms with E-state index in [-0.39, 0.29) is 11.4 Å². The Labute approximate surface area is 158 Å². The number of hydrogen-bond donors (Lipinski definition) is 1. The fourth-order valence-electron chi connectivity index (χ4n) is 4.68. The van der Waals surface area contributed by atoms with Crippen molar-refractivity contribution in [1.82, 2.24) is 4.90 Å². The fraction of sp³-hybridized carbons (Fsp3) is 0.571. The largest absolute Gasteiger partial charge is 0.506 e. The number of piperidine rings is 1. The van der Waals surface area contributed by atoms with Gasteiger partial charge in [-0.25, -0.2) is 4.79 Å². The lowest BCUT2D eigenvalue weighted by molar-refractivity contribution is 0.135. The van der Waals surface area contributed by atoms with E-state index in [1.165, 1.54) is 12.8 Å². The van der Waals surface area contributed by atoms with Gasteiger partial charge in [0.05, 0.1) is 10.6 Å². The van der Waals surface area contributed by atoms with Crippen LogP contribution in [-0.4, -0.2) is 22.6 Å². The molecule has 140 valence electrons. The first-order chi connectivity index (χ1) is 12.6. The molecular weight excluding hydrogens is 350 g/mol. The van der Waals surface area contributed by atoms with Crippen molar-refractivity contribution in [2.24, 2.45) is 0 Å². The molecule has 0 amide bonds. The molecule has 0 radical (unpaired) electrons. The Hall–Kier alpha value is -1.52. The van der Waals surface area contributed by atoms with Crippen molar-refractivity contribution in [2.75, 3.05) is 6.54 Å². The number of phenolic OH excluding ortho intramolecular Hbond substituents is 1. The maximum absolute atomic E-state index is 12.5. The van der Waals surface area contributed by atoms with Crippen LogP contribution in [0.4, 0.5) is 0 Å². The zero-order valence-electron chi connectivity index (χ0n) is 15.3. The van der Waals surface area contributed by atoms with Crippen LogP contribution in [-0.2, 0) is 19.4 Å². The van der Waals surface area contributed by atoms with Crippen molar-refractivity contribution >= 4 is 22.6 Å². The Bertz CT molecular complexity index is 889. The van der Waals surface area contributed by atoms with Crippen LogP contribution >= 0.6 is 11.6 Å². The number of hydrogen-bond acceptors (Lipinski definition) is 4. The van der Waals surface area contributed by atoms with E-state index < -0.39 is 0 Å². The Kier molecular flexibility index (Phi) is 4.98. The molecule has 1 atom stereocenters. The summed E-state index contributed by atoms with van der Waals surface area (Å²) in [6, 6.07) is 2.28. The zero-order valence-corrected chi connectivity index (χ0v) is 16.1. The number of aromatic hydroxyl groups is 1. The van der Waals surface area contributed by atoms with Gasteiger partial charge in [0, 0.05) is 23.5 Å². The minimum atomic E-state index is -0.249. The molecule has 2 aromatic rings. The average Bonchev–Trinajstić information content (AvgIpc) is 2.67. The van der Waals surface area contributed by atoms with Crippen molar-refractivity contribution < 1.29 is 9.52 Å². The van der Waals surface area contributed by atoms with Gasteiger partial charge in [-0.2, -0.15) is 0 Å². The summed E-state index contributed by atoms with van der Waals surface area (Å²) < 4.78 is 5.74. The van der Waals surface area contributed by atoms with E-state index in [1.54, 1.807) is 6.07 Å². The second kappa shape index (κ2) is 7.24. The molecule has 1 fully saturated rings. The molecule has 26 heavy (non-hydrogen) atoms. The van der Waals surface area contributed by atoms with E-state index in [0.717, 1.165) is 61.6 Å². The summed E-state index contributed by atoms with van der Waals surface area (Å²) in [5.41, 5.74) is 2.80. The Morgan fingerprint density at radius 2 is 2.00 bits per heavy atom. The van der Waals surface area contributed by atoms with Gasteiger partial charge < -0.3 is 9.52 Å². The van der Waals surface area contributed by atoms with E-state index in [9.17, 15) is 9.90 Å². The molecule has 5 heteroatoms. The maximum Gasteiger partial charge on any atom is 0.339 e. The van der Waals surface area contributed by atoms with Crippen molar-refractivity contribution in [2.45, 2.75) is 70.9 Å². The number of fused-ring (bicyclic) bond motifs is 3. The molecule has 4 rings (SSSR count). The van der Waals surface area contributed by atoms with Crippen LogP contribution in [0.1, 0.15) is 62.1 Å². The third kappa shape index (κ3) is 3.03. The van der Waals surface area contributed by atoms with E-state index in [1.807, 2.05) is 0 Å². The quantitative estimate of drug-likeness (QED) is 0.783. The number of phenols is 1. The van der Waals surface area contributed by atoms with Gasteiger partial charge in [-0.15, -0.1) is 0 Å². The maximum atomic E-state index is 12.5. The third-order valence-electron chi connectivity index (χ3n) is 6.12. The number of benzene rings is 1. The summed E-state index contributed by atoms with van der Waals surface area (Å²) in [6.07, 6.45) is 8.41. The lowest BCUT2D eigenvalue weighted by Crippen LogP contribution is -2.38. The number of aryl methyl sites for hydroxylation is 1. The van der Waals surface area contributed by atoms with Gasteiger partial charge in [0.2, 0.25) is 0 Å². The summed E-state index contributed by atoms with van der Waals surface area (Å²) >= 11 is 6.37. The standard InChI is InChI=1S/C21H26ClNO3/c1-2-13-7-5-6-10-23(13)12-17-19(24)18(22)11-16-14-8-3-4-9-15(14)21(25)26-20(16)17/h11,13,24H,2-10,12H2,1H3/t13-/m0/s1. The fourth-order valence-corrected chi connectivity index (χ4v) is 4.90. The lowest BCUT2D eigenvalue weighted by atomic mass is 9.89. The molecule has 0 spiro atoms. The van der Waals surface area contributed by atoms with Crippen molar-refractivity contribution in [3.8, 4) is 5.75 Å². The number of likely N-dealkylation sites (tertiary alicyclic amines) is 1. The first-order valence-corrected chi connectivity index (χ1v) is 10.2. The molecule has 1 saturated heterocycles. The highest BCUT2D eigenvalue weighted by Gasteiger charge is 2.26. The van der Waals surface area contributed by atoms with Crippen LogP contribution in [0.2, 0.25) is 5.02 Å². The monoisotopic (exact) mass is 375 g/mol. The van der Waals surface area contributed by atoms with Crippen LogP contribution in [0.15, 0.2) is 15.3 Å². The minimum Gasteiger partial charge on any atom is -0.506 e. The van der Waals surface area contributed by atoms with E-state index >= 15 is 0 Å². The highest BCUT2D eigenvalue weighted by molar-refractivity contribution is 6.33. The highest BCUT2D eigenvalue weighted by Crippen LogP contribution is 2.39. The molecule has 0 saturated carbocycles. The van der Waals surface area contributed by atoms with E-state index in [2.05, 4.69) is 11.8 Å². The zero-order chi connectivity index (χ0) is 18.3. The topological polar surface area (TPSA) is 53.7 Å². The predicted octanol–water partition coefficient (Wildman–Crippen LogP) is 4.80. The molecule has 1 aromatic carbocycles. The van der Waals surface area contributed by atoms with Gasteiger partial charge in [0.25, 0.3) is 0 Å². The van der Waals surface area contributed by atoms with Crippen molar-refractivity contribution in [3.05, 3.63) is 38.2 Å². The van der Waals surface area contributed by atoms with Crippen molar-refractivity contribution in [3.63, 3.8) is 0 Å². The van der Waals surface area contributed by atoms with Crippen molar-refractivity contribution in [1.29, 1.82) is 0 Å². The highest BCUT2D eigenvalue weighted by atomic mass is 35.5. The van der Waals surface area contributed by atoms with Crippen LogP contribution in [0.5, 0.6) is 5.75 Å². The second-order valence-corrected chi connectivity index (χ2v) is 8.05. The molecule has 1 N–H and O–H groups in total. The van der Waals surface area contributed by atoms with Gasteiger partial charge in [0.15, 0.2) is 0 Å². The third-order valence-corrected chi connectivity index (χ3v) is 6.41. The molecule has 1 aromatic heterocycles. The van der Waals surface area contributed by atoms with Gasteiger partial charge >= 0.3 is 5.63 Å². The molecule has 0 bridgehead atoms. The first kappa shape index (κ1) is 17.9. The summed E-state index contributed by atoms with van der Waals surface area (Å²) in [6.45, 7) is 3.78. The molecule has 1 aliphatic heterocycles. The van der Waals surface area contributed by atoms with E-state index in [0.29, 0.717) is 28.8 Å². The lowest BCUT2D eigenvalue weighted by Gasteiger charge is -2.35. The Balaban J connectivity index is 1.87. The molecule has 4 nitrogen and oxygen atoms in total. The molecular formula is C21H26ClNO3. The first-order valence-electron chi connectivity index (χ1n) is 9.83. The van der Waals surface area contributed by atoms with Crippen LogP contribution < -0.4 is 5.63 Å². The molecule has 2 heterocycles. The summed E-state index contributed by atoms with van der Waals surface area (Å²) in [7, 11) is 0. The summed E-state index contributed by atoms with van der Waals surface area (Å²) in [5.74, 6) is 0.0542. The molecule has 1 aliphatic carbocycles. The summed E-state index contributed by atoms with van der Waals surface area (Å²) in [4.78, 5) is 14.9. The van der Waals surface area contributed by atoms with Gasteiger partial charge in [0.1, 0.15) is 11.3 Å². The van der Waals surface area contributed by atoms with Gasteiger partial charge in [-0.1, -0.05) is 24.9 Å². The van der Waals surface area contributed by atoms with Crippen LogP contribution in [0.3, 0.4) is 0 Å². The van der Waals surface area contributed by atoms with Gasteiger partial charge in [-0.3, -0.25) is 4.90 Å². The average molecular weight is 376 g/mol. The normalized spacial score (nSPS) is 21.1. The minimum absolute atomic E-state index is 0.0542. The SMILES string of the molecule is CC[C@H]1CCCCN1Cc1c(O)c(Cl)cc2c3c(c(=O)oc12)CCCC3.